The molecule has 0 aliphatic heterocycles. The predicted octanol–water partition coefficient (Wildman–Crippen LogP) is 9.64. The number of benzene rings is 6. The molecule has 0 aliphatic rings. The quantitative estimate of drug-likeness (QED) is 0.220. The standard InChI is InChI=1S/C36H29N/c1-25-12-13-29-22-30(15-14-28(29)20-25)31-16-17-33-24-34(19-18-32(33)23-31)36(21-27-9-4-3-5-10-27)37-35-11-7-6-8-26(35)2/h3-20,22-24H,21H2,1-2H3/b37-36+. The van der Waals surface area contributed by atoms with E-state index in [1.807, 2.05) is 0 Å². The van der Waals surface area contributed by atoms with Crippen molar-refractivity contribution in [3.63, 3.8) is 0 Å². The molecule has 1 heteroatoms. The minimum Gasteiger partial charge on any atom is -0.252 e. The Labute approximate surface area is 218 Å². The molecule has 0 aliphatic carbocycles. The van der Waals surface area contributed by atoms with Crippen LogP contribution in [-0.2, 0) is 6.42 Å². The first-order valence-electron chi connectivity index (χ1n) is 12.8. The normalized spacial score (nSPS) is 11.8. The van der Waals surface area contributed by atoms with Gasteiger partial charge in [-0.2, -0.15) is 0 Å². The van der Waals surface area contributed by atoms with Crippen molar-refractivity contribution in [3.8, 4) is 11.1 Å². The highest BCUT2D eigenvalue weighted by molar-refractivity contribution is 6.06. The summed E-state index contributed by atoms with van der Waals surface area (Å²) in [4.78, 5) is 5.15. The number of rotatable bonds is 5. The summed E-state index contributed by atoms with van der Waals surface area (Å²) in [6.45, 7) is 4.26. The van der Waals surface area contributed by atoms with Gasteiger partial charge in [-0.05, 0) is 87.5 Å². The summed E-state index contributed by atoms with van der Waals surface area (Å²) < 4.78 is 0. The van der Waals surface area contributed by atoms with Crippen molar-refractivity contribution in [1.82, 2.24) is 0 Å². The molecule has 0 heterocycles. The molecule has 1 nitrogen and oxygen atoms in total. The van der Waals surface area contributed by atoms with E-state index in [1.165, 1.54) is 49.4 Å². The van der Waals surface area contributed by atoms with E-state index in [0.717, 1.165) is 23.4 Å². The Balaban J connectivity index is 1.39. The lowest BCUT2D eigenvalue weighted by Crippen LogP contribution is -2.05. The van der Waals surface area contributed by atoms with Crippen LogP contribution in [0.1, 0.15) is 22.3 Å². The van der Waals surface area contributed by atoms with Crippen molar-refractivity contribution in [2.45, 2.75) is 20.3 Å². The van der Waals surface area contributed by atoms with Crippen molar-refractivity contribution < 1.29 is 0 Å². The van der Waals surface area contributed by atoms with Gasteiger partial charge in [-0.1, -0.05) is 109 Å². The minimum atomic E-state index is 0.787. The molecule has 6 aromatic carbocycles. The van der Waals surface area contributed by atoms with Gasteiger partial charge in [-0.3, -0.25) is 4.99 Å². The summed E-state index contributed by atoms with van der Waals surface area (Å²) in [5.74, 6) is 0. The first kappa shape index (κ1) is 22.9. The van der Waals surface area contributed by atoms with Crippen molar-refractivity contribution >= 4 is 32.9 Å². The molecular formula is C36H29N. The number of aliphatic imine (C=N–C) groups is 1. The Bertz CT molecular complexity index is 1760. The second-order valence-electron chi connectivity index (χ2n) is 9.85. The van der Waals surface area contributed by atoms with Crippen LogP contribution in [-0.4, -0.2) is 5.71 Å². The fourth-order valence-corrected chi connectivity index (χ4v) is 4.98. The zero-order valence-electron chi connectivity index (χ0n) is 21.3. The molecule has 0 saturated carbocycles. The van der Waals surface area contributed by atoms with Crippen molar-refractivity contribution in [2.75, 3.05) is 0 Å². The Morgan fingerprint density at radius 3 is 1.86 bits per heavy atom. The summed E-state index contributed by atoms with van der Waals surface area (Å²) in [6, 6.07) is 45.8. The first-order valence-corrected chi connectivity index (χ1v) is 12.8. The van der Waals surface area contributed by atoms with Gasteiger partial charge in [0, 0.05) is 6.42 Å². The second kappa shape index (κ2) is 9.87. The summed E-state index contributed by atoms with van der Waals surface area (Å²) in [7, 11) is 0. The predicted molar refractivity (Wildman–Crippen MR) is 159 cm³/mol. The van der Waals surface area contributed by atoms with Crippen LogP contribution in [0.5, 0.6) is 0 Å². The number of hydrogen-bond donors (Lipinski definition) is 0. The first-order chi connectivity index (χ1) is 18.1. The molecule has 0 atom stereocenters. The maximum Gasteiger partial charge on any atom is 0.0662 e. The fourth-order valence-electron chi connectivity index (χ4n) is 4.98. The summed E-state index contributed by atoms with van der Waals surface area (Å²) in [5.41, 5.74) is 9.48. The van der Waals surface area contributed by atoms with E-state index in [1.54, 1.807) is 0 Å². The van der Waals surface area contributed by atoms with Gasteiger partial charge in [-0.25, -0.2) is 0 Å². The highest BCUT2D eigenvalue weighted by Gasteiger charge is 2.09. The van der Waals surface area contributed by atoms with Crippen molar-refractivity contribution in [3.05, 3.63) is 150 Å². The van der Waals surface area contributed by atoms with E-state index in [-0.39, 0.29) is 0 Å². The largest absolute Gasteiger partial charge is 0.252 e. The third kappa shape index (κ3) is 4.94. The molecule has 0 bridgehead atoms. The smallest absolute Gasteiger partial charge is 0.0662 e. The lowest BCUT2D eigenvalue weighted by molar-refractivity contribution is 1.29. The van der Waals surface area contributed by atoms with E-state index in [0.29, 0.717) is 0 Å². The number of para-hydroxylation sites is 1. The van der Waals surface area contributed by atoms with Gasteiger partial charge in [0.1, 0.15) is 0 Å². The molecule has 0 amide bonds. The molecule has 0 unspecified atom stereocenters. The third-order valence-electron chi connectivity index (χ3n) is 7.09. The maximum atomic E-state index is 5.15. The second-order valence-corrected chi connectivity index (χ2v) is 9.85. The molecule has 0 radical (unpaired) electrons. The van der Waals surface area contributed by atoms with Gasteiger partial charge in [0.25, 0.3) is 0 Å². The molecule has 0 saturated heterocycles. The Kier molecular flexibility index (Phi) is 6.12. The van der Waals surface area contributed by atoms with E-state index in [2.05, 4.69) is 141 Å². The molecule has 0 spiro atoms. The third-order valence-corrected chi connectivity index (χ3v) is 7.09. The van der Waals surface area contributed by atoms with Crippen LogP contribution in [0.25, 0.3) is 32.7 Å². The van der Waals surface area contributed by atoms with Crippen molar-refractivity contribution in [1.29, 1.82) is 0 Å². The Morgan fingerprint density at radius 1 is 0.541 bits per heavy atom. The van der Waals surface area contributed by atoms with Gasteiger partial charge in [-0.15, -0.1) is 0 Å². The lowest BCUT2D eigenvalue weighted by atomic mass is 9.95. The summed E-state index contributed by atoms with van der Waals surface area (Å²) in [5, 5.41) is 5.02. The highest BCUT2D eigenvalue weighted by Crippen LogP contribution is 2.29. The van der Waals surface area contributed by atoms with Crippen LogP contribution in [0.4, 0.5) is 5.69 Å². The van der Waals surface area contributed by atoms with Crippen LogP contribution < -0.4 is 0 Å². The fraction of sp³-hybridized carbons (Fsp3) is 0.0833. The number of nitrogens with zero attached hydrogens (tertiary/aromatic N) is 1. The van der Waals surface area contributed by atoms with Crippen LogP contribution in [0.15, 0.2) is 132 Å². The molecule has 37 heavy (non-hydrogen) atoms. The SMILES string of the molecule is Cc1ccc2cc(-c3ccc4cc(/C(Cc5ccccc5)=N/c5ccccc5C)ccc4c3)ccc2c1. The minimum absolute atomic E-state index is 0.787. The zero-order chi connectivity index (χ0) is 25.2. The van der Waals surface area contributed by atoms with Gasteiger partial charge in [0.05, 0.1) is 11.4 Å². The van der Waals surface area contributed by atoms with Gasteiger partial charge in [0.2, 0.25) is 0 Å². The van der Waals surface area contributed by atoms with Gasteiger partial charge in [0.15, 0.2) is 0 Å². The monoisotopic (exact) mass is 475 g/mol. The summed E-state index contributed by atoms with van der Waals surface area (Å²) in [6.07, 6.45) is 0.787. The van der Waals surface area contributed by atoms with E-state index < -0.39 is 0 Å². The lowest BCUT2D eigenvalue weighted by Gasteiger charge is -2.11. The number of fused-ring (bicyclic) bond motifs is 2. The molecule has 0 fully saturated rings. The average molecular weight is 476 g/mol. The maximum absolute atomic E-state index is 5.15. The van der Waals surface area contributed by atoms with E-state index in [4.69, 9.17) is 4.99 Å². The van der Waals surface area contributed by atoms with Gasteiger partial charge < -0.3 is 0 Å². The number of hydrogen-bond acceptors (Lipinski definition) is 1. The summed E-state index contributed by atoms with van der Waals surface area (Å²) >= 11 is 0. The van der Waals surface area contributed by atoms with Crippen molar-refractivity contribution in [2.24, 2.45) is 4.99 Å². The van der Waals surface area contributed by atoms with Crippen LogP contribution in [0, 0.1) is 13.8 Å². The van der Waals surface area contributed by atoms with Gasteiger partial charge >= 0.3 is 0 Å². The molecular weight excluding hydrogens is 446 g/mol. The zero-order valence-corrected chi connectivity index (χ0v) is 21.3. The molecule has 6 aromatic rings. The molecule has 178 valence electrons. The van der Waals surface area contributed by atoms with Crippen LogP contribution >= 0.6 is 0 Å². The van der Waals surface area contributed by atoms with Crippen LogP contribution in [0.2, 0.25) is 0 Å². The Hall–Kier alpha value is -4.49. The highest BCUT2D eigenvalue weighted by atomic mass is 14.8. The van der Waals surface area contributed by atoms with Crippen LogP contribution in [0.3, 0.4) is 0 Å². The average Bonchev–Trinajstić information content (AvgIpc) is 2.93. The van der Waals surface area contributed by atoms with E-state index in [9.17, 15) is 0 Å². The topological polar surface area (TPSA) is 12.4 Å². The number of aryl methyl sites for hydroxylation is 2. The molecule has 0 aromatic heterocycles. The van der Waals surface area contributed by atoms with E-state index >= 15 is 0 Å². The molecule has 6 rings (SSSR count). The Morgan fingerprint density at radius 2 is 1.14 bits per heavy atom. The molecule has 0 N–H and O–H groups in total.